The first-order valence-corrected chi connectivity index (χ1v) is 7.78. The van der Waals surface area contributed by atoms with Gasteiger partial charge in [-0.3, -0.25) is 9.78 Å². The normalized spacial score (nSPS) is 10.5. The number of hydrogen-bond donors (Lipinski definition) is 0. The highest BCUT2D eigenvalue weighted by atomic mass is 79.9. The van der Waals surface area contributed by atoms with Gasteiger partial charge >= 0.3 is 0 Å². The first kappa shape index (κ1) is 15.7. The van der Waals surface area contributed by atoms with Crippen LogP contribution in [-0.2, 0) is 6.54 Å². The molecule has 0 aliphatic carbocycles. The molecule has 0 bridgehead atoms. The van der Waals surface area contributed by atoms with E-state index in [1.807, 2.05) is 43.3 Å². The molecule has 3 nitrogen and oxygen atoms in total. The van der Waals surface area contributed by atoms with Gasteiger partial charge in [-0.15, -0.1) is 0 Å². The summed E-state index contributed by atoms with van der Waals surface area (Å²) in [5.41, 5.74) is 3.70. The Morgan fingerprint density at radius 1 is 1.29 bits per heavy atom. The second kappa shape index (κ2) is 6.85. The number of carbonyl (C=O) groups is 1. The number of rotatable bonds is 5. The van der Waals surface area contributed by atoms with E-state index in [0.29, 0.717) is 6.54 Å². The van der Waals surface area contributed by atoms with Gasteiger partial charge in [0, 0.05) is 28.0 Å². The summed E-state index contributed by atoms with van der Waals surface area (Å²) in [6.07, 6.45) is 0. The summed E-state index contributed by atoms with van der Waals surface area (Å²) in [5.74, 6) is 0.0770. The van der Waals surface area contributed by atoms with Gasteiger partial charge in [-0.1, -0.05) is 22.0 Å². The lowest BCUT2D eigenvalue weighted by Gasteiger charge is -2.25. The highest BCUT2D eigenvalue weighted by Gasteiger charge is 2.14. The minimum atomic E-state index is 0.0770. The number of aromatic nitrogens is 1. The maximum Gasteiger partial charge on any atom is 0.161 e. The number of anilines is 1. The number of pyridine rings is 1. The van der Waals surface area contributed by atoms with Gasteiger partial charge in [-0.25, -0.2) is 0 Å². The monoisotopic (exact) mass is 346 g/mol. The largest absolute Gasteiger partial charge is 0.365 e. The van der Waals surface area contributed by atoms with E-state index in [4.69, 9.17) is 0 Å². The van der Waals surface area contributed by atoms with Gasteiger partial charge in [0.15, 0.2) is 5.78 Å². The smallest absolute Gasteiger partial charge is 0.161 e. The number of nitrogens with zero attached hydrogens (tertiary/aromatic N) is 2. The quantitative estimate of drug-likeness (QED) is 0.753. The Morgan fingerprint density at radius 2 is 2.05 bits per heavy atom. The predicted molar refractivity (Wildman–Crippen MR) is 89.8 cm³/mol. The van der Waals surface area contributed by atoms with E-state index in [-0.39, 0.29) is 5.78 Å². The minimum absolute atomic E-state index is 0.0770. The van der Waals surface area contributed by atoms with E-state index < -0.39 is 0 Å². The maximum absolute atomic E-state index is 11.8. The Kier molecular flexibility index (Phi) is 5.12. The maximum atomic E-state index is 11.8. The lowest BCUT2D eigenvalue weighted by Crippen LogP contribution is -2.24. The molecule has 1 heterocycles. The van der Waals surface area contributed by atoms with Gasteiger partial charge in [0.25, 0.3) is 0 Å². The van der Waals surface area contributed by atoms with E-state index in [9.17, 15) is 4.79 Å². The van der Waals surface area contributed by atoms with Crippen molar-refractivity contribution in [2.75, 3.05) is 11.4 Å². The molecule has 4 heteroatoms. The van der Waals surface area contributed by atoms with E-state index in [1.165, 1.54) is 0 Å². The number of hydrogen-bond acceptors (Lipinski definition) is 3. The van der Waals surface area contributed by atoms with Crippen molar-refractivity contribution in [1.82, 2.24) is 4.98 Å². The Bertz CT molecular complexity index is 655. The van der Waals surface area contributed by atoms with Crippen molar-refractivity contribution in [2.24, 2.45) is 0 Å². The van der Waals surface area contributed by atoms with E-state index in [0.717, 1.165) is 33.7 Å². The van der Waals surface area contributed by atoms with Crippen LogP contribution in [0.3, 0.4) is 0 Å². The molecule has 110 valence electrons. The highest BCUT2D eigenvalue weighted by Crippen LogP contribution is 2.26. The number of carbonyl (C=O) groups excluding carboxylic acids is 1. The zero-order valence-corrected chi connectivity index (χ0v) is 14.1. The predicted octanol–water partition coefficient (Wildman–Crippen LogP) is 4.38. The van der Waals surface area contributed by atoms with E-state index >= 15 is 0 Å². The summed E-state index contributed by atoms with van der Waals surface area (Å²) in [4.78, 5) is 18.6. The molecule has 0 saturated heterocycles. The number of halogens is 1. The molecule has 0 saturated carbocycles. The molecule has 0 atom stereocenters. The van der Waals surface area contributed by atoms with E-state index in [2.05, 4.69) is 32.7 Å². The number of aryl methyl sites for hydroxylation is 1. The van der Waals surface area contributed by atoms with Crippen LogP contribution in [0.1, 0.15) is 35.6 Å². The molecule has 2 rings (SSSR count). The van der Waals surface area contributed by atoms with Gasteiger partial charge in [-0.05, 0) is 51.1 Å². The van der Waals surface area contributed by atoms with Crippen molar-refractivity contribution >= 4 is 27.4 Å². The van der Waals surface area contributed by atoms with Crippen LogP contribution in [0.15, 0.2) is 40.9 Å². The second-order valence-electron chi connectivity index (χ2n) is 5.00. The van der Waals surface area contributed by atoms with Crippen LogP contribution in [-0.4, -0.2) is 17.3 Å². The average molecular weight is 347 g/mol. The van der Waals surface area contributed by atoms with Crippen LogP contribution in [0.25, 0.3) is 0 Å². The van der Waals surface area contributed by atoms with Gasteiger partial charge in [0.05, 0.1) is 12.2 Å². The Labute approximate surface area is 134 Å². The third-order valence-electron chi connectivity index (χ3n) is 3.36. The second-order valence-corrected chi connectivity index (χ2v) is 5.92. The SMILES string of the molecule is CCN(Cc1cccc(C)n1)c1cc(Br)ccc1C(C)=O. The molecule has 0 radical (unpaired) electrons. The zero-order valence-electron chi connectivity index (χ0n) is 12.6. The van der Waals surface area contributed by atoms with Crippen molar-refractivity contribution in [3.8, 4) is 0 Å². The Morgan fingerprint density at radius 3 is 2.67 bits per heavy atom. The summed E-state index contributed by atoms with van der Waals surface area (Å²) >= 11 is 3.49. The molecule has 0 N–H and O–H groups in total. The molecule has 1 aromatic carbocycles. The topological polar surface area (TPSA) is 33.2 Å². The lowest BCUT2D eigenvalue weighted by molar-refractivity contribution is 0.101. The van der Waals surface area contributed by atoms with Crippen molar-refractivity contribution in [3.63, 3.8) is 0 Å². The summed E-state index contributed by atoms with van der Waals surface area (Å²) < 4.78 is 0.971. The molecule has 2 aromatic rings. The highest BCUT2D eigenvalue weighted by molar-refractivity contribution is 9.10. The molecule has 21 heavy (non-hydrogen) atoms. The summed E-state index contributed by atoms with van der Waals surface area (Å²) in [6.45, 7) is 7.17. The van der Waals surface area contributed by atoms with Crippen LogP contribution in [0.5, 0.6) is 0 Å². The fourth-order valence-corrected chi connectivity index (χ4v) is 2.66. The Balaban J connectivity index is 2.37. The van der Waals surface area contributed by atoms with Crippen LogP contribution in [0.2, 0.25) is 0 Å². The molecular weight excluding hydrogens is 328 g/mol. The third-order valence-corrected chi connectivity index (χ3v) is 3.85. The number of benzene rings is 1. The van der Waals surface area contributed by atoms with Crippen LogP contribution >= 0.6 is 15.9 Å². The molecule has 0 aliphatic rings. The molecule has 1 aromatic heterocycles. The zero-order chi connectivity index (χ0) is 15.4. The minimum Gasteiger partial charge on any atom is -0.365 e. The van der Waals surface area contributed by atoms with E-state index in [1.54, 1.807) is 6.92 Å². The van der Waals surface area contributed by atoms with Crippen molar-refractivity contribution < 1.29 is 4.79 Å². The molecular formula is C17H19BrN2O. The average Bonchev–Trinajstić information content (AvgIpc) is 2.44. The van der Waals surface area contributed by atoms with Gasteiger partial charge in [0.1, 0.15) is 0 Å². The van der Waals surface area contributed by atoms with Gasteiger partial charge < -0.3 is 4.90 Å². The lowest BCUT2D eigenvalue weighted by atomic mass is 10.1. The third kappa shape index (κ3) is 3.91. The van der Waals surface area contributed by atoms with Crippen LogP contribution in [0.4, 0.5) is 5.69 Å². The van der Waals surface area contributed by atoms with Crippen molar-refractivity contribution in [2.45, 2.75) is 27.3 Å². The number of Topliss-reactive ketones (excluding diaryl/α,β-unsaturated/α-hetero) is 1. The first-order valence-electron chi connectivity index (χ1n) is 6.99. The summed E-state index contributed by atoms with van der Waals surface area (Å²) in [5, 5.41) is 0. The molecule has 0 fully saturated rings. The molecule has 0 spiro atoms. The molecule has 0 unspecified atom stereocenters. The summed E-state index contributed by atoms with van der Waals surface area (Å²) in [6, 6.07) is 11.8. The number of ketones is 1. The molecule has 0 aliphatic heterocycles. The fourth-order valence-electron chi connectivity index (χ4n) is 2.31. The summed E-state index contributed by atoms with van der Waals surface area (Å²) in [7, 11) is 0. The first-order chi connectivity index (χ1) is 10.0. The van der Waals surface area contributed by atoms with Crippen LogP contribution < -0.4 is 4.90 Å². The van der Waals surface area contributed by atoms with Gasteiger partial charge in [0.2, 0.25) is 0 Å². The Hall–Kier alpha value is -1.68. The van der Waals surface area contributed by atoms with Gasteiger partial charge in [-0.2, -0.15) is 0 Å². The standard InChI is InChI=1S/C17H19BrN2O/c1-4-20(11-15-7-5-6-12(2)19-15)17-10-14(18)8-9-16(17)13(3)21/h5-10H,4,11H2,1-3H3. The van der Waals surface area contributed by atoms with Crippen LogP contribution in [0, 0.1) is 6.92 Å². The van der Waals surface area contributed by atoms with Crippen molar-refractivity contribution in [3.05, 3.63) is 57.8 Å². The molecule has 0 amide bonds. The fraction of sp³-hybridized carbons (Fsp3) is 0.294. The van der Waals surface area contributed by atoms with Crippen molar-refractivity contribution in [1.29, 1.82) is 0 Å².